The molecule has 1 nitrogen and oxygen atoms in total. The van der Waals surface area contributed by atoms with Crippen LogP contribution in [0.25, 0.3) is 0 Å². The van der Waals surface area contributed by atoms with Crippen LogP contribution in [0.1, 0.15) is 52.0 Å². The molecule has 1 aromatic rings. The van der Waals surface area contributed by atoms with Gasteiger partial charge in [-0.1, -0.05) is 33.3 Å². The van der Waals surface area contributed by atoms with Crippen molar-refractivity contribution in [1.82, 2.24) is 0 Å². The van der Waals surface area contributed by atoms with E-state index in [0.717, 1.165) is 18.4 Å². The van der Waals surface area contributed by atoms with Crippen molar-refractivity contribution in [2.24, 2.45) is 5.92 Å². The highest BCUT2D eigenvalue weighted by Gasteiger charge is 2.24. The molecule has 0 atom stereocenters. The SMILES string of the molecule is CCCC(C)(C)c1ccc(OCC2CC2)c(F)c1. The normalized spacial score (nSPS) is 15.8. The molecule has 2 rings (SSSR count). The van der Waals surface area contributed by atoms with Gasteiger partial charge in [-0.3, -0.25) is 0 Å². The molecule has 1 aromatic carbocycles. The zero-order valence-electron chi connectivity index (χ0n) is 11.6. The van der Waals surface area contributed by atoms with Gasteiger partial charge >= 0.3 is 0 Å². The highest BCUT2D eigenvalue weighted by molar-refractivity contribution is 5.33. The highest BCUT2D eigenvalue weighted by Crippen LogP contribution is 2.33. The van der Waals surface area contributed by atoms with E-state index >= 15 is 0 Å². The monoisotopic (exact) mass is 250 g/mol. The van der Waals surface area contributed by atoms with Gasteiger partial charge in [0.15, 0.2) is 11.6 Å². The molecule has 0 aromatic heterocycles. The Kier molecular flexibility index (Phi) is 3.94. The molecule has 0 heterocycles. The summed E-state index contributed by atoms with van der Waals surface area (Å²) < 4.78 is 19.5. The van der Waals surface area contributed by atoms with Gasteiger partial charge in [0.1, 0.15) is 0 Å². The molecule has 0 N–H and O–H groups in total. The van der Waals surface area contributed by atoms with Gasteiger partial charge in [0, 0.05) is 0 Å². The summed E-state index contributed by atoms with van der Waals surface area (Å²) in [5.74, 6) is 0.830. The van der Waals surface area contributed by atoms with Crippen molar-refractivity contribution >= 4 is 0 Å². The first-order valence-corrected chi connectivity index (χ1v) is 6.96. The Hall–Kier alpha value is -1.05. The summed E-state index contributed by atoms with van der Waals surface area (Å²) in [6.07, 6.45) is 4.62. The van der Waals surface area contributed by atoms with Crippen LogP contribution in [0.3, 0.4) is 0 Å². The van der Waals surface area contributed by atoms with Crippen LogP contribution in [0.2, 0.25) is 0 Å². The highest BCUT2D eigenvalue weighted by atomic mass is 19.1. The standard InChI is InChI=1S/C16H23FO/c1-4-9-16(2,3)13-7-8-15(14(17)10-13)18-11-12-5-6-12/h7-8,10,12H,4-6,9,11H2,1-3H3. The van der Waals surface area contributed by atoms with Crippen LogP contribution in [0.4, 0.5) is 4.39 Å². The number of ether oxygens (including phenoxy) is 1. The van der Waals surface area contributed by atoms with Gasteiger partial charge in [-0.25, -0.2) is 4.39 Å². The van der Waals surface area contributed by atoms with E-state index in [0.29, 0.717) is 18.3 Å². The van der Waals surface area contributed by atoms with Gasteiger partial charge in [0.05, 0.1) is 6.61 Å². The fraction of sp³-hybridized carbons (Fsp3) is 0.625. The lowest BCUT2D eigenvalue weighted by Gasteiger charge is -2.25. The topological polar surface area (TPSA) is 9.23 Å². The van der Waals surface area contributed by atoms with Crippen molar-refractivity contribution in [2.45, 2.75) is 51.9 Å². The van der Waals surface area contributed by atoms with Crippen LogP contribution < -0.4 is 4.74 Å². The largest absolute Gasteiger partial charge is 0.490 e. The Balaban J connectivity index is 2.07. The Morgan fingerprint density at radius 2 is 2.06 bits per heavy atom. The molecule has 0 spiro atoms. The predicted molar refractivity (Wildman–Crippen MR) is 72.6 cm³/mol. The fourth-order valence-corrected chi connectivity index (χ4v) is 2.30. The maximum atomic E-state index is 14.0. The first kappa shape index (κ1) is 13.4. The van der Waals surface area contributed by atoms with Gasteiger partial charge in [0.25, 0.3) is 0 Å². The van der Waals surface area contributed by atoms with Gasteiger partial charge in [-0.15, -0.1) is 0 Å². The van der Waals surface area contributed by atoms with E-state index in [4.69, 9.17) is 4.74 Å². The molecule has 0 unspecified atom stereocenters. The molecule has 1 saturated carbocycles. The smallest absolute Gasteiger partial charge is 0.165 e. The molecule has 0 bridgehead atoms. The van der Waals surface area contributed by atoms with E-state index in [9.17, 15) is 4.39 Å². The van der Waals surface area contributed by atoms with E-state index in [1.165, 1.54) is 12.8 Å². The quantitative estimate of drug-likeness (QED) is 0.711. The second-order valence-electron chi connectivity index (χ2n) is 6.03. The molecule has 18 heavy (non-hydrogen) atoms. The van der Waals surface area contributed by atoms with Crippen LogP contribution in [-0.4, -0.2) is 6.61 Å². The minimum absolute atomic E-state index is 0.0324. The Morgan fingerprint density at radius 1 is 1.33 bits per heavy atom. The zero-order valence-corrected chi connectivity index (χ0v) is 11.6. The predicted octanol–water partition coefficient (Wildman–Crippen LogP) is 4.69. The van der Waals surface area contributed by atoms with E-state index in [-0.39, 0.29) is 11.2 Å². The number of hydrogen-bond donors (Lipinski definition) is 0. The van der Waals surface area contributed by atoms with Gasteiger partial charge in [-0.2, -0.15) is 0 Å². The maximum Gasteiger partial charge on any atom is 0.165 e. The lowest BCUT2D eigenvalue weighted by atomic mass is 9.81. The van der Waals surface area contributed by atoms with Crippen molar-refractivity contribution in [1.29, 1.82) is 0 Å². The maximum absolute atomic E-state index is 14.0. The molecule has 0 aliphatic heterocycles. The Labute approximate surface area is 109 Å². The summed E-state index contributed by atoms with van der Waals surface area (Å²) in [5, 5.41) is 0. The summed E-state index contributed by atoms with van der Waals surface area (Å²) in [6.45, 7) is 7.14. The van der Waals surface area contributed by atoms with Crippen LogP contribution in [-0.2, 0) is 5.41 Å². The summed E-state index contributed by atoms with van der Waals surface area (Å²) in [5.41, 5.74) is 1.09. The van der Waals surface area contributed by atoms with Gasteiger partial charge in [-0.05, 0) is 48.3 Å². The molecule has 1 fully saturated rings. The third-order valence-electron chi connectivity index (χ3n) is 3.76. The Morgan fingerprint density at radius 3 is 2.61 bits per heavy atom. The zero-order chi connectivity index (χ0) is 13.2. The van der Waals surface area contributed by atoms with Crippen molar-refractivity contribution < 1.29 is 9.13 Å². The first-order chi connectivity index (χ1) is 8.53. The molecular weight excluding hydrogens is 227 g/mol. The van der Waals surface area contributed by atoms with Crippen molar-refractivity contribution in [3.05, 3.63) is 29.6 Å². The molecule has 0 amide bonds. The minimum Gasteiger partial charge on any atom is -0.490 e. The average molecular weight is 250 g/mol. The third-order valence-corrected chi connectivity index (χ3v) is 3.76. The molecule has 100 valence electrons. The van der Waals surface area contributed by atoms with Gasteiger partial charge in [0.2, 0.25) is 0 Å². The van der Waals surface area contributed by atoms with E-state index < -0.39 is 0 Å². The number of halogens is 1. The van der Waals surface area contributed by atoms with Crippen molar-refractivity contribution in [3.8, 4) is 5.75 Å². The van der Waals surface area contributed by atoms with Crippen molar-refractivity contribution in [3.63, 3.8) is 0 Å². The first-order valence-electron chi connectivity index (χ1n) is 6.96. The molecule has 2 heteroatoms. The van der Waals surface area contributed by atoms with Crippen molar-refractivity contribution in [2.75, 3.05) is 6.61 Å². The molecule has 0 radical (unpaired) electrons. The third kappa shape index (κ3) is 3.24. The van der Waals surface area contributed by atoms with E-state index in [1.54, 1.807) is 12.1 Å². The lowest BCUT2D eigenvalue weighted by Crippen LogP contribution is -2.17. The number of rotatable bonds is 6. The summed E-state index contributed by atoms with van der Waals surface area (Å²) in [4.78, 5) is 0. The minimum atomic E-state index is -0.225. The molecular formula is C16H23FO. The summed E-state index contributed by atoms with van der Waals surface area (Å²) in [6, 6.07) is 5.42. The fourth-order valence-electron chi connectivity index (χ4n) is 2.30. The molecule has 1 aliphatic carbocycles. The van der Waals surface area contributed by atoms with E-state index in [1.807, 2.05) is 6.07 Å². The second-order valence-corrected chi connectivity index (χ2v) is 6.03. The van der Waals surface area contributed by atoms with Gasteiger partial charge < -0.3 is 4.74 Å². The Bertz CT molecular complexity index is 408. The number of benzene rings is 1. The summed E-state index contributed by atoms with van der Waals surface area (Å²) in [7, 11) is 0. The lowest BCUT2D eigenvalue weighted by molar-refractivity contribution is 0.284. The second kappa shape index (κ2) is 5.29. The van der Waals surface area contributed by atoms with E-state index in [2.05, 4.69) is 20.8 Å². The number of hydrogen-bond acceptors (Lipinski definition) is 1. The van der Waals surface area contributed by atoms with Crippen LogP contribution in [0.5, 0.6) is 5.75 Å². The summed E-state index contributed by atoms with van der Waals surface area (Å²) >= 11 is 0. The average Bonchev–Trinajstić information content (AvgIpc) is 3.11. The molecule has 0 saturated heterocycles. The van der Waals surface area contributed by atoms with Crippen LogP contribution in [0, 0.1) is 11.7 Å². The van der Waals surface area contributed by atoms with Crippen LogP contribution in [0.15, 0.2) is 18.2 Å². The van der Waals surface area contributed by atoms with Crippen LogP contribution >= 0.6 is 0 Å². The molecule has 1 aliphatic rings.